The minimum absolute atomic E-state index is 0.472. The van der Waals surface area contributed by atoms with Gasteiger partial charge in [0, 0.05) is 20.7 Å². The maximum Gasteiger partial charge on any atom is 0.247 e. The fourth-order valence-electron chi connectivity index (χ4n) is 1.99. The molecule has 2 aromatic rings. The summed E-state index contributed by atoms with van der Waals surface area (Å²) in [6.07, 6.45) is 0. The van der Waals surface area contributed by atoms with Crippen LogP contribution < -0.4 is 11.1 Å². The van der Waals surface area contributed by atoms with Crippen LogP contribution in [0, 0.1) is 0 Å². The molecule has 110 valence electrons. The Labute approximate surface area is 141 Å². The van der Waals surface area contributed by atoms with Crippen molar-refractivity contribution in [3.8, 4) is 0 Å². The van der Waals surface area contributed by atoms with Gasteiger partial charge in [0.15, 0.2) is 0 Å². The van der Waals surface area contributed by atoms with Gasteiger partial charge in [0.25, 0.3) is 0 Å². The Bertz CT molecular complexity index is 693. The predicted octanol–water partition coefficient (Wildman–Crippen LogP) is 4.57. The molecule has 0 spiro atoms. The second kappa shape index (κ2) is 6.26. The van der Waals surface area contributed by atoms with Crippen LogP contribution in [0.5, 0.6) is 0 Å². The van der Waals surface area contributed by atoms with Gasteiger partial charge in [-0.25, -0.2) is 0 Å². The first-order valence-corrected chi connectivity index (χ1v) is 7.67. The topological polar surface area (TPSA) is 55.1 Å². The van der Waals surface area contributed by atoms with Gasteiger partial charge in [-0.1, -0.05) is 41.4 Å². The highest BCUT2D eigenvalue weighted by Gasteiger charge is 2.35. The van der Waals surface area contributed by atoms with E-state index < -0.39 is 11.4 Å². The molecule has 0 fully saturated rings. The number of carbonyl (C=O) groups is 1. The first-order valence-electron chi connectivity index (χ1n) is 6.13. The number of anilines is 1. The molecule has 1 atom stereocenters. The summed E-state index contributed by atoms with van der Waals surface area (Å²) in [6, 6.07) is 12.4. The summed E-state index contributed by atoms with van der Waals surface area (Å²) in [5, 5.41) is 4.19. The third kappa shape index (κ3) is 3.34. The van der Waals surface area contributed by atoms with Crippen molar-refractivity contribution in [1.82, 2.24) is 0 Å². The fourth-order valence-corrected chi connectivity index (χ4v) is 2.81. The van der Waals surface area contributed by atoms with Crippen LogP contribution in [0.2, 0.25) is 10.0 Å². The van der Waals surface area contributed by atoms with E-state index in [1.807, 2.05) is 6.07 Å². The van der Waals surface area contributed by atoms with E-state index in [1.165, 1.54) is 0 Å². The monoisotopic (exact) mass is 386 g/mol. The van der Waals surface area contributed by atoms with Gasteiger partial charge >= 0.3 is 0 Å². The van der Waals surface area contributed by atoms with E-state index in [0.717, 1.165) is 4.47 Å². The first kappa shape index (κ1) is 16.1. The largest absolute Gasteiger partial charge is 0.368 e. The van der Waals surface area contributed by atoms with Crippen molar-refractivity contribution in [1.29, 1.82) is 0 Å². The summed E-state index contributed by atoms with van der Waals surface area (Å²) in [6.45, 7) is 1.69. The standard InChI is InChI=1S/C15H13BrCl2N2O/c1-15(14(19)21,10-4-2-3-5-12(10)17)20-9-6-7-13(18)11(16)8-9/h2-8,20H,1H3,(H2,19,21). The van der Waals surface area contributed by atoms with Crippen molar-refractivity contribution < 1.29 is 4.79 Å². The van der Waals surface area contributed by atoms with Gasteiger partial charge in [-0.2, -0.15) is 0 Å². The van der Waals surface area contributed by atoms with Gasteiger partial charge in [-0.3, -0.25) is 4.79 Å². The average Bonchev–Trinajstić information content (AvgIpc) is 2.43. The van der Waals surface area contributed by atoms with E-state index in [9.17, 15) is 4.79 Å². The molecule has 21 heavy (non-hydrogen) atoms. The molecular weight excluding hydrogens is 375 g/mol. The minimum Gasteiger partial charge on any atom is -0.368 e. The number of benzene rings is 2. The highest BCUT2D eigenvalue weighted by molar-refractivity contribution is 9.10. The van der Waals surface area contributed by atoms with Crippen molar-refractivity contribution >= 4 is 50.7 Å². The third-order valence-corrected chi connectivity index (χ3v) is 4.76. The minimum atomic E-state index is -1.13. The molecule has 2 rings (SSSR count). The molecule has 6 heteroatoms. The number of halogens is 3. The molecule has 1 amide bonds. The lowest BCUT2D eigenvalue weighted by Crippen LogP contribution is -2.45. The van der Waals surface area contributed by atoms with Crippen molar-refractivity contribution in [2.75, 3.05) is 5.32 Å². The van der Waals surface area contributed by atoms with Crippen LogP contribution in [0.3, 0.4) is 0 Å². The van der Waals surface area contributed by atoms with E-state index >= 15 is 0 Å². The van der Waals surface area contributed by atoms with Gasteiger partial charge in [-0.15, -0.1) is 0 Å². The molecule has 0 saturated heterocycles. The summed E-state index contributed by atoms with van der Waals surface area (Å²) in [7, 11) is 0. The Morgan fingerprint density at radius 1 is 1.19 bits per heavy atom. The molecule has 1 unspecified atom stereocenters. The number of carbonyl (C=O) groups excluding carboxylic acids is 1. The second-order valence-corrected chi connectivity index (χ2v) is 6.39. The Hall–Kier alpha value is -1.23. The van der Waals surface area contributed by atoms with Crippen LogP contribution in [0.4, 0.5) is 5.69 Å². The number of rotatable bonds is 4. The summed E-state index contributed by atoms with van der Waals surface area (Å²) in [5.74, 6) is -0.526. The molecule has 3 nitrogen and oxygen atoms in total. The molecule has 3 N–H and O–H groups in total. The molecule has 0 radical (unpaired) electrons. The quantitative estimate of drug-likeness (QED) is 0.807. The molecule has 0 aliphatic rings. The summed E-state index contributed by atoms with van der Waals surface area (Å²) < 4.78 is 0.722. The second-order valence-electron chi connectivity index (χ2n) is 4.72. The number of hydrogen-bond donors (Lipinski definition) is 2. The summed E-state index contributed by atoms with van der Waals surface area (Å²) >= 11 is 15.5. The fraction of sp³-hybridized carbons (Fsp3) is 0.133. The van der Waals surface area contributed by atoms with E-state index in [1.54, 1.807) is 43.3 Å². The van der Waals surface area contributed by atoms with Crippen LogP contribution in [-0.2, 0) is 10.3 Å². The Kier molecular flexibility index (Phi) is 4.81. The predicted molar refractivity (Wildman–Crippen MR) is 90.8 cm³/mol. The van der Waals surface area contributed by atoms with Crippen LogP contribution in [-0.4, -0.2) is 5.91 Å². The third-order valence-electron chi connectivity index (χ3n) is 3.22. The zero-order valence-corrected chi connectivity index (χ0v) is 14.3. The van der Waals surface area contributed by atoms with Crippen molar-refractivity contribution in [3.63, 3.8) is 0 Å². The lowest BCUT2D eigenvalue weighted by molar-refractivity contribution is -0.122. The van der Waals surface area contributed by atoms with Crippen molar-refractivity contribution in [2.45, 2.75) is 12.5 Å². The van der Waals surface area contributed by atoms with Gasteiger partial charge in [0.2, 0.25) is 5.91 Å². The lowest BCUT2D eigenvalue weighted by atomic mass is 9.90. The Morgan fingerprint density at radius 3 is 2.43 bits per heavy atom. The maximum absolute atomic E-state index is 12.0. The van der Waals surface area contributed by atoms with E-state index in [0.29, 0.717) is 21.3 Å². The average molecular weight is 388 g/mol. The van der Waals surface area contributed by atoms with E-state index in [-0.39, 0.29) is 0 Å². The number of primary amides is 1. The number of amides is 1. The zero-order valence-electron chi connectivity index (χ0n) is 11.2. The molecule has 0 saturated carbocycles. The van der Waals surface area contributed by atoms with E-state index in [2.05, 4.69) is 21.2 Å². The summed E-state index contributed by atoms with van der Waals surface area (Å²) in [4.78, 5) is 12.0. The molecule has 0 aliphatic heterocycles. The van der Waals surface area contributed by atoms with Crippen LogP contribution >= 0.6 is 39.1 Å². The molecule has 0 heterocycles. The highest BCUT2D eigenvalue weighted by atomic mass is 79.9. The van der Waals surface area contributed by atoms with Crippen LogP contribution in [0.15, 0.2) is 46.9 Å². The maximum atomic E-state index is 12.0. The number of nitrogens with two attached hydrogens (primary N) is 1. The van der Waals surface area contributed by atoms with Crippen LogP contribution in [0.1, 0.15) is 12.5 Å². The van der Waals surface area contributed by atoms with Gasteiger partial charge in [0.1, 0.15) is 5.54 Å². The smallest absolute Gasteiger partial charge is 0.247 e. The molecular formula is C15H13BrCl2N2O. The Balaban J connectivity index is 2.46. The highest BCUT2D eigenvalue weighted by Crippen LogP contribution is 2.33. The van der Waals surface area contributed by atoms with Gasteiger partial charge < -0.3 is 11.1 Å². The summed E-state index contributed by atoms with van der Waals surface area (Å²) in [5.41, 5.74) is 5.77. The zero-order chi connectivity index (χ0) is 15.6. The molecule has 2 aromatic carbocycles. The van der Waals surface area contributed by atoms with Crippen molar-refractivity contribution in [2.24, 2.45) is 5.73 Å². The normalized spacial score (nSPS) is 13.5. The Morgan fingerprint density at radius 2 is 1.86 bits per heavy atom. The van der Waals surface area contributed by atoms with Crippen molar-refractivity contribution in [3.05, 3.63) is 62.5 Å². The van der Waals surface area contributed by atoms with Gasteiger partial charge in [-0.05, 0) is 47.1 Å². The molecule has 0 aliphatic carbocycles. The van der Waals surface area contributed by atoms with Crippen LogP contribution in [0.25, 0.3) is 0 Å². The molecule has 0 bridgehead atoms. The SMILES string of the molecule is CC(Nc1ccc(Cl)c(Br)c1)(C(N)=O)c1ccccc1Cl. The number of nitrogens with one attached hydrogen (secondary N) is 1. The number of hydrogen-bond acceptors (Lipinski definition) is 2. The van der Waals surface area contributed by atoms with E-state index in [4.69, 9.17) is 28.9 Å². The lowest BCUT2D eigenvalue weighted by Gasteiger charge is -2.30. The molecule has 0 aromatic heterocycles. The van der Waals surface area contributed by atoms with Gasteiger partial charge in [0.05, 0.1) is 5.02 Å². The first-order chi connectivity index (χ1) is 9.84.